The minimum absolute atomic E-state index is 0.310. The predicted octanol–water partition coefficient (Wildman–Crippen LogP) is 0.475. The van der Waals surface area contributed by atoms with Gasteiger partial charge >= 0.3 is 5.97 Å². The van der Waals surface area contributed by atoms with Gasteiger partial charge in [0, 0.05) is 0 Å². The van der Waals surface area contributed by atoms with Gasteiger partial charge in [-0.25, -0.2) is 4.79 Å². The smallest absolute Gasteiger partial charge is 0.318 e. The van der Waals surface area contributed by atoms with Crippen molar-refractivity contribution in [1.29, 1.82) is 0 Å². The Balaban J connectivity index is 2.58. The molecule has 1 rings (SSSR count). The fraction of sp³-hybridized carbons (Fsp3) is 0.200. The highest BCUT2D eigenvalue weighted by atomic mass is 16.7. The van der Waals surface area contributed by atoms with Gasteiger partial charge in [0.05, 0.1) is 12.6 Å². The second kappa shape index (κ2) is 2.26. The van der Waals surface area contributed by atoms with Crippen molar-refractivity contribution in [2.75, 3.05) is 0 Å². The SMILES string of the molecule is O=C1CC=CC=NO1. The molecule has 3 nitrogen and oxygen atoms in total. The number of oxime groups is 1. The van der Waals surface area contributed by atoms with E-state index in [-0.39, 0.29) is 5.97 Å². The van der Waals surface area contributed by atoms with Gasteiger partial charge in [-0.15, -0.1) is 0 Å². The van der Waals surface area contributed by atoms with E-state index in [0.29, 0.717) is 6.42 Å². The first-order chi connectivity index (χ1) is 3.89. The van der Waals surface area contributed by atoms with Crippen LogP contribution < -0.4 is 0 Å². The summed E-state index contributed by atoms with van der Waals surface area (Å²) >= 11 is 0. The van der Waals surface area contributed by atoms with Crippen LogP contribution in [0.15, 0.2) is 17.3 Å². The quantitative estimate of drug-likeness (QED) is 0.426. The van der Waals surface area contributed by atoms with Crippen molar-refractivity contribution in [2.45, 2.75) is 6.42 Å². The van der Waals surface area contributed by atoms with Crippen molar-refractivity contribution < 1.29 is 9.63 Å². The fourth-order valence-electron chi connectivity index (χ4n) is 0.387. The summed E-state index contributed by atoms with van der Waals surface area (Å²) < 4.78 is 0. The number of nitrogens with zero attached hydrogens (tertiary/aromatic N) is 1. The Labute approximate surface area is 46.6 Å². The number of hydrogen-bond donors (Lipinski definition) is 0. The zero-order valence-electron chi connectivity index (χ0n) is 4.20. The lowest BCUT2D eigenvalue weighted by molar-refractivity contribution is -0.142. The molecule has 0 saturated carbocycles. The van der Waals surface area contributed by atoms with Crippen LogP contribution in [-0.4, -0.2) is 12.2 Å². The molecule has 3 heteroatoms. The number of carbonyl (C=O) groups excluding carboxylic acids is 1. The molecule has 0 aromatic carbocycles. The second-order valence-corrected chi connectivity index (χ2v) is 1.35. The van der Waals surface area contributed by atoms with E-state index >= 15 is 0 Å². The van der Waals surface area contributed by atoms with Crippen molar-refractivity contribution >= 4 is 12.2 Å². The Morgan fingerprint density at radius 1 is 1.75 bits per heavy atom. The lowest BCUT2D eigenvalue weighted by Gasteiger charge is -1.85. The van der Waals surface area contributed by atoms with Crippen molar-refractivity contribution in [3.8, 4) is 0 Å². The van der Waals surface area contributed by atoms with Gasteiger partial charge in [-0.3, -0.25) is 0 Å². The molecule has 0 aromatic heterocycles. The second-order valence-electron chi connectivity index (χ2n) is 1.35. The highest BCUT2D eigenvalue weighted by Crippen LogP contribution is 1.91. The lowest BCUT2D eigenvalue weighted by Crippen LogP contribution is -1.94. The van der Waals surface area contributed by atoms with Crippen LogP contribution in [0.5, 0.6) is 0 Å². The first kappa shape index (κ1) is 5.03. The summed E-state index contributed by atoms with van der Waals surface area (Å²) in [6.07, 6.45) is 5.12. The maximum Gasteiger partial charge on any atom is 0.338 e. The molecule has 0 unspecified atom stereocenters. The zero-order chi connectivity index (χ0) is 5.82. The third-order valence-corrected chi connectivity index (χ3v) is 0.722. The molecule has 0 bridgehead atoms. The summed E-state index contributed by atoms with van der Waals surface area (Å²) in [5, 5.41) is 3.29. The van der Waals surface area contributed by atoms with Crippen molar-refractivity contribution in [1.82, 2.24) is 0 Å². The molecule has 0 amide bonds. The van der Waals surface area contributed by atoms with Crippen LogP contribution in [0.4, 0.5) is 0 Å². The third-order valence-electron chi connectivity index (χ3n) is 0.722. The Bertz CT molecular complexity index is 133. The van der Waals surface area contributed by atoms with Crippen LogP contribution >= 0.6 is 0 Å². The molecule has 0 fully saturated rings. The van der Waals surface area contributed by atoms with E-state index in [1.807, 2.05) is 0 Å². The first-order valence-corrected chi connectivity index (χ1v) is 2.28. The third kappa shape index (κ3) is 1.18. The van der Waals surface area contributed by atoms with Gasteiger partial charge in [0.25, 0.3) is 0 Å². The average molecular weight is 111 g/mol. The zero-order valence-corrected chi connectivity index (χ0v) is 4.20. The van der Waals surface area contributed by atoms with Gasteiger partial charge in [-0.05, 0) is 6.08 Å². The molecular weight excluding hydrogens is 106 g/mol. The molecule has 0 aliphatic carbocycles. The summed E-state index contributed by atoms with van der Waals surface area (Å²) in [5.41, 5.74) is 0. The largest absolute Gasteiger partial charge is 0.338 e. The van der Waals surface area contributed by atoms with Gasteiger partial charge in [0.15, 0.2) is 0 Å². The Morgan fingerprint density at radius 2 is 2.62 bits per heavy atom. The van der Waals surface area contributed by atoms with E-state index in [1.54, 1.807) is 12.2 Å². The van der Waals surface area contributed by atoms with E-state index < -0.39 is 0 Å². The number of hydrogen-bond acceptors (Lipinski definition) is 3. The summed E-state index contributed by atoms with van der Waals surface area (Å²) in [4.78, 5) is 14.6. The molecule has 1 heterocycles. The molecule has 42 valence electrons. The summed E-state index contributed by atoms with van der Waals surface area (Å²) in [5.74, 6) is -0.310. The highest BCUT2D eigenvalue weighted by Gasteiger charge is 1.98. The van der Waals surface area contributed by atoms with Crippen molar-refractivity contribution in [3.63, 3.8) is 0 Å². The maximum atomic E-state index is 10.3. The summed E-state index contributed by atoms with van der Waals surface area (Å²) in [6.45, 7) is 0. The Hall–Kier alpha value is -1.12. The molecule has 0 saturated heterocycles. The Kier molecular flexibility index (Phi) is 1.42. The molecule has 0 aromatic rings. The van der Waals surface area contributed by atoms with Crippen LogP contribution in [0.2, 0.25) is 0 Å². The first-order valence-electron chi connectivity index (χ1n) is 2.28. The van der Waals surface area contributed by atoms with Crippen LogP contribution in [0, 0.1) is 0 Å². The molecule has 0 radical (unpaired) electrons. The summed E-state index contributed by atoms with van der Waals surface area (Å²) in [6, 6.07) is 0. The van der Waals surface area contributed by atoms with Gasteiger partial charge in [-0.2, -0.15) is 0 Å². The lowest BCUT2D eigenvalue weighted by atomic mass is 10.4. The van der Waals surface area contributed by atoms with Crippen molar-refractivity contribution in [3.05, 3.63) is 12.2 Å². The molecule has 0 spiro atoms. The molecular formula is C5H5NO2. The van der Waals surface area contributed by atoms with Crippen molar-refractivity contribution in [2.24, 2.45) is 5.16 Å². The van der Waals surface area contributed by atoms with Crippen LogP contribution in [0.25, 0.3) is 0 Å². The highest BCUT2D eigenvalue weighted by molar-refractivity contribution is 5.78. The van der Waals surface area contributed by atoms with E-state index in [0.717, 1.165) is 0 Å². The van der Waals surface area contributed by atoms with Crippen LogP contribution in [-0.2, 0) is 9.63 Å². The minimum Gasteiger partial charge on any atom is -0.318 e. The molecule has 8 heavy (non-hydrogen) atoms. The molecule has 1 aliphatic heterocycles. The number of rotatable bonds is 0. The van der Waals surface area contributed by atoms with Gasteiger partial charge in [-0.1, -0.05) is 11.2 Å². The normalized spacial score (nSPS) is 17.8. The van der Waals surface area contributed by atoms with E-state index in [4.69, 9.17) is 0 Å². The van der Waals surface area contributed by atoms with E-state index in [9.17, 15) is 4.79 Å². The number of allylic oxidation sites excluding steroid dienone is 1. The minimum atomic E-state index is -0.310. The topological polar surface area (TPSA) is 38.7 Å². The van der Waals surface area contributed by atoms with Gasteiger partial charge < -0.3 is 4.84 Å². The van der Waals surface area contributed by atoms with Crippen LogP contribution in [0.1, 0.15) is 6.42 Å². The standard InChI is InChI=1S/C5H5NO2/c7-5-3-1-2-4-6-8-5/h1-2,4H,3H2. The maximum absolute atomic E-state index is 10.3. The Morgan fingerprint density at radius 3 is 3.50 bits per heavy atom. The summed E-state index contributed by atoms with van der Waals surface area (Å²) in [7, 11) is 0. The van der Waals surface area contributed by atoms with Gasteiger partial charge in [0.1, 0.15) is 0 Å². The monoisotopic (exact) mass is 111 g/mol. The molecule has 0 atom stereocenters. The molecule has 1 aliphatic rings. The van der Waals surface area contributed by atoms with E-state index in [2.05, 4.69) is 9.99 Å². The van der Waals surface area contributed by atoms with Crippen LogP contribution in [0.3, 0.4) is 0 Å². The fourth-order valence-corrected chi connectivity index (χ4v) is 0.387. The average Bonchev–Trinajstić information content (AvgIpc) is 1.94. The molecule has 0 N–H and O–H groups in total. The van der Waals surface area contributed by atoms with Gasteiger partial charge in [0.2, 0.25) is 0 Å². The van der Waals surface area contributed by atoms with E-state index in [1.165, 1.54) is 6.21 Å². The number of carbonyl (C=O) groups is 1. The predicted molar refractivity (Wildman–Crippen MR) is 28.3 cm³/mol.